The molecular formula is C36H76N4O. The maximum atomic E-state index is 13.1. The van der Waals surface area contributed by atoms with E-state index in [-0.39, 0.29) is 5.91 Å². The van der Waals surface area contributed by atoms with Crippen molar-refractivity contribution >= 4 is 5.91 Å². The molecule has 0 radical (unpaired) electrons. The Balaban J connectivity index is 4.86. The van der Waals surface area contributed by atoms with Gasteiger partial charge in [0.15, 0.2) is 0 Å². The summed E-state index contributed by atoms with van der Waals surface area (Å²) >= 11 is 0. The first-order chi connectivity index (χ1) is 19.9. The third kappa shape index (κ3) is 27.9. The van der Waals surface area contributed by atoms with Crippen LogP contribution in [0.15, 0.2) is 0 Å². The number of hydrogen-bond acceptors (Lipinski definition) is 4. The topological polar surface area (TPSA) is 30.0 Å². The normalized spacial score (nSPS) is 11.8. The summed E-state index contributed by atoms with van der Waals surface area (Å²) in [5.41, 5.74) is 0. The molecule has 0 N–H and O–H groups in total. The standard InChI is InChI=1S/C36H76N4O/c1-7-10-13-16-19-22-25-28-39(29-26-23-20-17-14-11-8-2)33-34-40(30-27-24-21-18-15-12-9-3)35-36(41)38(6)32-31-37(4)5/h7-35H2,1-6H3. The third-order valence-electron chi connectivity index (χ3n) is 8.63. The van der Waals surface area contributed by atoms with Crippen molar-refractivity contribution in [2.75, 3.05) is 73.5 Å². The highest BCUT2D eigenvalue weighted by molar-refractivity contribution is 5.78. The Kier molecular flexibility index (Phi) is 30.3. The second kappa shape index (κ2) is 30.8. The molecule has 0 rings (SSSR count). The number of nitrogens with zero attached hydrogens (tertiary/aromatic N) is 4. The molecule has 0 spiro atoms. The summed E-state index contributed by atoms with van der Waals surface area (Å²) in [6.07, 6.45) is 28.5. The molecule has 0 saturated carbocycles. The summed E-state index contributed by atoms with van der Waals surface area (Å²) < 4.78 is 0. The van der Waals surface area contributed by atoms with Gasteiger partial charge in [0.25, 0.3) is 0 Å². The summed E-state index contributed by atoms with van der Waals surface area (Å²) in [6.45, 7) is 14.8. The van der Waals surface area contributed by atoms with Gasteiger partial charge in [-0.2, -0.15) is 0 Å². The molecule has 0 saturated heterocycles. The fraction of sp³-hybridized carbons (Fsp3) is 0.972. The molecule has 1 amide bonds. The Hall–Kier alpha value is -0.650. The number of carbonyl (C=O) groups excluding carboxylic acids is 1. The van der Waals surface area contributed by atoms with Crippen LogP contribution in [0.3, 0.4) is 0 Å². The van der Waals surface area contributed by atoms with Gasteiger partial charge in [0, 0.05) is 33.2 Å². The molecule has 0 aromatic rings. The van der Waals surface area contributed by atoms with Crippen LogP contribution in [-0.4, -0.2) is 99.0 Å². The average molecular weight is 581 g/mol. The molecule has 0 aliphatic heterocycles. The molecule has 0 aliphatic carbocycles. The van der Waals surface area contributed by atoms with Crippen LogP contribution < -0.4 is 0 Å². The highest BCUT2D eigenvalue weighted by atomic mass is 16.2. The molecule has 5 nitrogen and oxygen atoms in total. The van der Waals surface area contributed by atoms with Crippen LogP contribution in [0.4, 0.5) is 0 Å². The van der Waals surface area contributed by atoms with Crippen LogP contribution >= 0.6 is 0 Å². The van der Waals surface area contributed by atoms with E-state index < -0.39 is 0 Å². The minimum absolute atomic E-state index is 0.278. The maximum Gasteiger partial charge on any atom is 0.236 e. The predicted molar refractivity (Wildman–Crippen MR) is 183 cm³/mol. The molecule has 0 heterocycles. The van der Waals surface area contributed by atoms with E-state index in [2.05, 4.69) is 49.6 Å². The number of hydrogen-bond donors (Lipinski definition) is 0. The van der Waals surface area contributed by atoms with Crippen LogP contribution in [0.2, 0.25) is 0 Å². The van der Waals surface area contributed by atoms with Crippen LogP contribution in [0.1, 0.15) is 156 Å². The van der Waals surface area contributed by atoms with Crippen molar-refractivity contribution in [2.24, 2.45) is 0 Å². The van der Waals surface area contributed by atoms with E-state index in [1.54, 1.807) is 0 Å². The number of carbonyl (C=O) groups is 1. The first kappa shape index (κ1) is 40.4. The Bertz CT molecular complexity index is 524. The molecule has 0 aliphatic rings. The molecule has 0 unspecified atom stereocenters. The van der Waals surface area contributed by atoms with Gasteiger partial charge in [-0.15, -0.1) is 0 Å². The SMILES string of the molecule is CCCCCCCCCN(CCCCCCCCC)CCN(CCCCCCCCC)CC(=O)N(C)CCN(C)C. The number of likely N-dealkylation sites (N-methyl/N-ethyl adjacent to an activating group) is 2. The zero-order valence-corrected chi connectivity index (χ0v) is 29.2. The molecule has 0 aromatic heterocycles. The second-order valence-electron chi connectivity index (χ2n) is 13.1. The van der Waals surface area contributed by atoms with E-state index in [0.717, 1.165) is 32.7 Å². The van der Waals surface area contributed by atoms with Crippen LogP contribution in [-0.2, 0) is 4.79 Å². The average Bonchev–Trinajstić information content (AvgIpc) is 2.96. The zero-order chi connectivity index (χ0) is 30.4. The lowest BCUT2D eigenvalue weighted by atomic mass is 10.1. The van der Waals surface area contributed by atoms with E-state index in [0.29, 0.717) is 6.54 Å². The summed E-state index contributed by atoms with van der Waals surface area (Å²) in [7, 11) is 6.14. The minimum Gasteiger partial charge on any atom is -0.343 e. The van der Waals surface area contributed by atoms with Crippen LogP contribution in [0.25, 0.3) is 0 Å². The van der Waals surface area contributed by atoms with Gasteiger partial charge in [0.2, 0.25) is 5.91 Å². The van der Waals surface area contributed by atoms with E-state index in [9.17, 15) is 4.79 Å². The molecule has 0 atom stereocenters. The van der Waals surface area contributed by atoms with Crippen molar-refractivity contribution < 1.29 is 4.79 Å². The fourth-order valence-electron chi connectivity index (χ4n) is 5.55. The minimum atomic E-state index is 0.278. The predicted octanol–water partition coefficient (Wildman–Crippen LogP) is 8.86. The van der Waals surface area contributed by atoms with Crippen molar-refractivity contribution in [3.8, 4) is 0 Å². The number of amides is 1. The van der Waals surface area contributed by atoms with Crippen molar-refractivity contribution in [3.63, 3.8) is 0 Å². The van der Waals surface area contributed by atoms with E-state index in [4.69, 9.17) is 0 Å². The highest BCUT2D eigenvalue weighted by Crippen LogP contribution is 2.12. The van der Waals surface area contributed by atoms with Crippen molar-refractivity contribution in [3.05, 3.63) is 0 Å². The first-order valence-electron chi connectivity index (χ1n) is 18.3. The fourth-order valence-corrected chi connectivity index (χ4v) is 5.55. The second-order valence-corrected chi connectivity index (χ2v) is 13.1. The van der Waals surface area contributed by atoms with Gasteiger partial charge in [-0.1, -0.05) is 136 Å². The molecule has 0 aromatic carbocycles. The zero-order valence-electron chi connectivity index (χ0n) is 29.2. The molecule has 0 fully saturated rings. The molecule has 41 heavy (non-hydrogen) atoms. The lowest BCUT2D eigenvalue weighted by Gasteiger charge is -2.29. The summed E-state index contributed by atoms with van der Waals surface area (Å²) in [4.78, 5) is 22.4. The quantitative estimate of drug-likeness (QED) is 0.0743. The monoisotopic (exact) mass is 581 g/mol. The van der Waals surface area contributed by atoms with Crippen LogP contribution in [0, 0.1) is 0 Å². The van der Waals surface area contributed by atoms with E-state index in [1.165, 1.54) is 148 Å². The Morgan fingerprint density at radius 2 is 0.732 bits per heavy atom. The molecule has 0 bridgehead atoms. The van der Waals surface area contributed by atoms with Crippen molar-refractivity contribution in [1.29, 1.82) is 0 Å². The third-order valence-corrected chi connectivity index (χ3v) is 8.63. The van der Waals surface area contributed by atoms with E-state index >= 15 is 0 Å². The first-order valence-corrected chi connectivity index (χ1v) is 18.3. The van der Waals surface area contributed by atoms with Crippen molar-refractivity contribution in [1.82, 2.24) is 19.6 Å². The Morgan fingerprint density at radius 1 is 0.390 bits per heavy atom. The molecule has 246 valence electrons. The van der Waals surface area contributed by atoms with Gasteiger partial charge in [-0.25, -0.2) is 0 Å². The van der Waals surface area contributed by atoms with Gasteiger partial charge in [0.05, 0.1) is 6.54 Å². The van der Waals surface area contributed by atoms with E-state index in [1.807, 2.05) is 11.9 Å². The van der Waals surface area contributed by atoms with Gasteiger partial charge >= 0.3 is 0 Å². The largest absolute Gasteiger partial charge is 0.343 e. The molecular weight excluding hydrogens is 504 g/mol. The number of rotatable bonds is 32. The van der Waals surface area contributed by atoms with Gasteiger partial charge in [0.1, 0.15) is 0 Å². The Labute approximate surface area is 259 Å². The molecule has 5 heteroatoms. The lowest BCUT2D eigenvalue weighted by molar-refractivity contribution is -0.131. The summed E-state index contributed by atoms with van der Waals surface area (Å²) in [5, 5.41) is 0. The Morgan fingerprint density at radius 3 is 1.12 bits per heavy atom. The number of unbranched alkanes of at least 4 members (excludes halogenated alkanes) is 18. The van der Waals surface area contributed by atoms with Crippen molar-refractivity contribution in [2.45, 2.75) is 156 Å². The van der Waals surface area contributed by atoms with Gasteiger partial charge in [-0.3, -0.25) is 9.69 Å². The van der Waals surface area contributed by atoms with Gasteiger partial charge < -0.3 is 14.7 Å². The summed E-state index contributed by atoms with van der Waals surface area (Å²) in [6, 6.07) is 0. The smallest absolute Gasteiger partial charge is 0.236 e. The highest BCUT2D eigenvalue weighted by Gasteiger charge is 2.16. The lowest BCUT2D eigenvalue weighted by Crippen LogP contribution is -2.44. The maximum absolute atomic E-state index is 13.1. The summed E-state index contributed by atoms with van der Waals surface area (Å²) in [5.74, 6) is 0.278. The van der Waals surface area contributed by atoms with Crippen LogP contribution in [0.5, 0.6) is 0 Å². The van der Waals surface area contributed by atoms with Gasteiger partial charge in [-0.05, 0) is 53.0 Å².